The highest BCUT2D eigenvalue weighted by molar-refractivity contribution is 7.26. The molecule has 0 radical (unpaired) electrons. The standard InChI is InChI=1S/C15H16N4S/c1-8-9(2)18-19-15-12(8)11-6-7-16-14(13(11)20-15)17-10-4-3-5-10/h6-7,10H,3-5H2,1-2H3,(H,16,17). The minimum atomic E-state index is 0.590. The summed E-state index contributed by atoms with van der Waals surface area (Å²) in [6.45, 7) is 4.14. The zero-order valence-corrected chi connectivity index (χ0v) is 12.4. The predicted molar refractivity (Wildman–Crippen MR) is 83.5 cm³/mol. The Morgan fingerprint density at radius 1 is 1.25 bits per heavy atom. The average molecular weight is 284 g/mol. The lowest BCUT2D eigenvalue weighted by molar-refractivity contribution is 0.445. The summed E-state index contributed by atoms with van der Waals surface area (Å²) in [5.41, 5.74) is 2.23. The largest absolute Gasteiger partial charge is 0.366 e. The molecule has 0 aliphatic heterocycles. The van der Waals surface area contributed by atoms with E-state index in [-0.39, 0.29) is 0 Å². The first-order valence-electron chi connectivity index (χ1n) is 7.01. The second-order valence-electron chi connectivity index (χ2n) is 5.50. The second-order valence-corrected chi connectivity index (χ2v) is 6.50. The summed E-state index contributed by atoms with van der Waals surface area (Å²) >= 11 is 1.69. The summed E-state index contributed by atoms with van der Waals surface area (Å²) in [6, 6.07) is 2.68. The molecule has 1 fully saturated rings. The maximum Gasteiger partial charge on any atom is 0.147 e. The molecule has 3 aromatic heterocycles. The Morgan fingerprint density at radius 2 is 2.10 bits per heavy atom. The fourth-order valence-corrected chi connectivity index (χ4v) is 3.80. The van der Waals surface area contributed by atoms with Gasteiger partial charge in [-0.3, -0.25) is 0 Å². The van der Waals surface area contributed by atoms with E-state index in [2.05, 4.69) is 33.5 Å². The third-order valence-corrected chi connectivity index (χ3v) is 5.34. The molecule has 0 amide bonds. The lowest BCUT2D eigenvalue weighted by Crippen LogP contribution is -2.27. The zero-order valence-electron chi connectivity index (χ0n) is 11.6. The monoisotopic (exact) mass is 284 g/mol. The van der Waals surface area contributed by atoms with Gasteiger partial charge in [-0.15, -0.1) is 16.4 Å². The van der Waals surface area contributed by atoms with Gasteiger partial charge in [0.05, 0.1) is 10.4 Å². The van der Waals surface area contributed by atoms with Gasteiger partial charge in [-0.1, -0.05) is 0 Å². The van der Waals surface area contributed by atoms with E-state index in [1.54, 1.807) is 11.3 Å². The molecule has 0 aromatic carbocycles. The number of pyridine rings is 1. The third kappa shape index (κ3) is 1.69. The highest BCUT2D eigenvalue weighted by atomic mass is 32.1. The number of hydrogen-bond acceptors (Lipinski definition) is 5. The molecular formula is C15H16N4S. The van der Waals surface area contributed by atoms with E-state index in [9.17, 15) is 0 Å². The van der Waals surface area contributed by atoms with Crippen LogP contribution in [0.3, 0.4) is 0 Å². The molecular weight excluding hydrogens is 268 g/mol. The van der Waals surface area contributed by atoms with Crippen LogP contribution in [0, 0.1) is 13.8 Å². The average Bonchev–Trinajstić information content (AvgIpc) is 2.78. The number of rotatable bonds is 2. The van der Waals surface area contributed by atoms with Crippen molar-refractivity contribution in [2.24, 2.45) is 0 Å². The fraction of sp³-hybridized carbons (Fsp3) is 0.400. The van der Waals surface area contributed by atoms with Crippen LogP contribution in [-0.2, 0) is 0 Å². The van der Waals surface area contributed by atoms with Gasteiger partial charge in [-0.2, -0.15) is 5.10 Å². The molecule has 4 nitrogen and oxygen atoms in total. The van der Waals surface area contributed by atoms with Gasteiger partial charge in [0, 0.05) is 23.0 Å². The highest BCUT2D eigenvalue weighted by Gasteiger charge is 2.20. The third-order valence-electron chi connectivity index (χ3n) is 4.24. The Balaban J connectivity index is 1.96. The molecule has 3 aromatic rings. The van der Waals surface area contributed by atoms with Gasteiger partial charge in [0.1, 0.15) is 10.6 Å². The van der Waals surface area contributed by atoms with Gasteiger partial charge < -0.3 is 5.32 Å². The van der Waals surface area contributed by atoms with E-state index < -0.39 is 0 Å². The van der Waals surface area contributed by atoms with Crippen molar-refractivity contribution < 1.29 is 0 Å². The maximum absolute atomic E-state index is 4.53. The molecule has 102 valence electrons. The lowest BCUT2D eigenvalue weighted by atomic mass is 9.93. The van der Waals surface area contributed by atoms with Crippen LogP contribution in [0.15, 0.2) is 12.3 Å². The van der Waals surface area contributed by atoms with E-state index in [1.807, 2.05) is 13.1 Å². The first-order valence-corrected chi connectivity index (χ1v) is 7.83. The summed E-state index contributed by atoms with van der Waals surface area (Å²) in [4.78, 5) is 5.53. The van der Waals surface area contributed by atoms with Crippen LogP contribution in [0.1, 0.15) is 30.5 Å². The second kappa shape index (κ2) is 4.38. The number of fused-ring (bicyclic) bond motifs is 3. The van der Waals surface area contributed by atoms with Gasteiger partial charge in [-0.05, 0) is 44.7 Å². The number of thiophene rings is 1. The predicted octanol–water partition coefficient (Wildman–Crippen LogP) is 3.82. The molecule has 1 saturated carbocycles. The Hall–Kier alpha value is -1.75. The van der Waals surface area contributed by atoms with Crippen molar-refractivity contribution >= 4 is 37.5 Å². The molecule has 4 rings (SSSR count). The van der Waals surface area contributed by atoms with Crippen LogP contribution >= 0.6 is 11.3 Å². The molecule has 5 heteroatoms. The van der Waals surface area contributed by atoms with Gasteiger partial charge in [0.25, 0.3) is 0 Å². The topological polar surface area (TPSA) is 50.7 Å². The van der Waals surface area contributed by atoms with Gasteiger partial charge in [-0.25, -0.2) is 4.98 Å². The van der Waals surface area contributed by atoms with E-state index >= 15 is 0 Å². The Kier molecular flexibility index (Phi) is 2.63. The molecule has 0 spiro atoms. The first-order chi connectivity index (χ1) is 9.74. The van der Waals surface area contributed by atoms with E-state index in [1.165, 1.54) is 40.3 Å². The van der Waals surface area contributed by atoms with Crippen LogP contribution in [0.5, 0.6) is 0 Å². The Morgan fingerprint density at radius 3 is 2.85 bits per heavy atom. The van der Waals surface area contributed by atoms with Crippen LogP contribution in [0.4, 0.5) is 5.82 Å². The molecule has 0 saturated heterocycles. The van der Waals surface area contributed by atoms with E-state index in [0.29, 0.717) is 6.04 Å². The van der Waals surface area contributed by atoms with Crippen molar-refractivity contribution in [3.63, 3.8) is 0 Å². The zero-order chi connectivity index (χ0) is 13.7. The SMILES string of the molecule is Cc1nnc2sc3c(NC4CCC4)nccc3c2c1C. The normalized spacial score (nSPS) is 15.7. The molecule has 0 atom stereocenters. The first kappa shape index (κ1) is 12.0. The van der Waals surface area contributed by atoms with Gasteiger partial charge in [0.15, 0.2) is 0 Å². The Bertz CT molecular complexity index is 804. The number of aryl methyl sites for hydroxylation is 2. The van der Waals surface area contributed by atoms with Crippen molar-refractivity contribution in [2.45, 2.75) is 39.2 Å². The van der Waals surface area contributed by atoms with Gasteiger partial charge in [0.2, 0.25) is 0 Å². The summed E-state index contributed by atoms with van der Waals surface area (Å²) in [7, 11) is 0. The van der Waals surface area contributed by atoms with E-state index in [4.69, 9.17) is 0 Å². The summed E-state index contributed by atoms with van der Waals surface area (Å²) < 4.78 is 1.21. The maximum atomic E-state index is 4.53. The smallest absolute Gasteiger partial charge is 0.147 e. The molecule has 0 bridgehead atoms. The molecule has 3 heterocycles. The summed E-state index contributed by atoms with van der Waals surface area (Å²) in [5, 5.41) is 14.6. The number of hydrogen-bond donors (Lipinski definition) is 1. The van der Waals surface area contributed by atoms with Crippen LogP contribution in [-0.4, -0.2) is 21.2 Å². The molecule has 20 heavy (non-hydrogen) atoms. The minimum absolute atomic E-state index is 0.590. The Labute approximate surface area is 121 Å². The molecule has 1 aliphatic rings. The lowest BCUT2D eigenvalue weighted by Gasteiger charge is -2.27. The van der Waals surface area contributed by atoms with Crippen LogP contribution in [0.2, 0.25) is 0 Å². The van der Waals surface area contributed by atoms with E-state index in [0.717, 1.165) is 16.3 Å². The number of aromatic nitrogens is 3. The summed E-state index contributed by atoms with van der Waals surface area (Å²) in [5.74, 6) is 1.01. The number of anilines is 1. The van der Waals surface area contributed by atoms with Crippen LogP contribution < -0.4 is 5.32 Å². The quantitative estimate of drug-likeness (QED) is 0.777. The molecule has 1 N–H and O–H groups in total. The van der Waals surface area contributed by atoms with Crippen molar-refractivity contribution in [3.05, 3.63) is 23.5 Å². The van der Waals surface area contributed by atoms with Crippen LogP contribution in [0.25, 0.3) is 20.3 Å². The number of nitrogens with one attached hydrogen (secondary N) is 1. The number of nitrogens with zero attached hydrogens (tertiary/aromatic N) is 3. The fourth-order valence-electron chi connectivity index (χ4n) is 2.67. The highest BCUT2D eigenvalue weighted by Crippen LogP contribution is 2.38. The van der Waals surface area contributed by atoms with Crippen molar-refractivity contribution in [3.8, 4) is 0 Å². The molecule has 0 unspecified atom stereocenters. The van der Waals surface area contributed by atoms with Crippen molar-refractivity contribution in [1.29, 1.82) is 0 Å². The summed E-state index contributed by atoms with van der Waals surface area (Å²) in [6.07, 6.45) is 5.72. The van der Waals surface area contributed by atoms with Gasteiger partial charge >= 0.3 is 0 Å². The van der Waals surface area contributed by atoms with Crippen molar-refractivity contribution in [2.75, 3.05) is 5.32 Å². The minimum Gasteiger partial charge on any atom is -0.366 e. The molecule has 1 aliphatic carbocycles. The van der Waals surface area contributed by atoms with Crippen molar-refractivity contribution in [1.82, 2.24) is 15.2 Å².